The zero-order valence-corrected chi connectivity index (χ0v) is 16.4. The van der Waals surface area contributed by atoms with E-state index < -0.39 is 12.0 Å². The van der Waals surface area contributed by atoms with Gasteiger partial charge >= 0.3 is 5.97 Å². The van der Waals surface area contributed by atoms with Gasteiger partial charge in [-0.05, 0) is 48.3 Å². The van der Waals surface area contributed by atoms with Crippen molar-refractivity contribution in [2.45, 2.75) is 12.5 Å². The van der Waals surface area contributed by atoms with Gasteiger partial charge in [-0.25, -0.2) is 4.79 Å². The summed E-state index contributed by atoms with van der Waals surface area (Å²) in [4.78, 5) is 30.3. The van der Waals surface area contributed by atoms with Gasteiger partial charge in [0, 0.05) is 11.6 Å². The fourth-order valence-corrected chi connectivity index (χ4v) is 4.49. The van der Waals surface area contributed by atoms with Crippen LogP contribution >= 0.6 is 35.7 Å². The number of benzene rings is 1. The third-order valence-electron chi connectivity index (χ3n) is 3.94. The number of thiocarbonyl (C=S) groups is 1. The van der Waals surface area contributed by atoms with E-state index in [-0.39, 0.29) is 10.2 Å². The number of thioether (sulfide) groups is 2. The number of aromatic nitrogens is 1. The summed E-state index contributed by atoms with van der Waals surface area (Å²) in [5, 5.41) is 10.5. The Bertz CT molecular complexity index is 913. The standard InChI is InChI=1S/C18H16N2O3S3/c1-25-8-6-14(17(22)23)20-16(21)15(26-18(20)24)10-11-4-5-13-12(9-11)3-2-7-19-13/h2-5,7,9-10,14H,6,8H2,1H3,(H,22,23). The van der Waals surface area contributed by atoms with Gasteiger partial charge in [0.25, 0.3) is 5.91 Å². The van der Waals surface area contributed by atoms with Crippen LogP contribution in [0.4, 0.5) is 0 Å². The first-order valence-corrected chi connectivity index (χ1v) is 10.5. The summed E-state index contributed by atoms with van der Waals surface area (Å²) < 4.78 is 0.289. The molecule has 0 radical (unpaired) electrons. The Kier molecular flexibility index (Phi) is 5.95. The van der Waals surface area contributed by atoms with Crippen molar-refractivity contribution in [3.8, 4) is 0 Å². The molecule has 2 aromatic rings. The molecule has 1 saturated heterocycles. The molecular formula is C18H16N2O3S3. The normalized spacial score (nSPS) is 17.3. The third kappa shape index (κ3) is 3.92. The monoisotopic (exact) mass is 404 g/mol. The zero-order valence-electron chi connectivity index (χ0n) is 13.9. The van der Waals surface area contributed by atoms with E-state index >= 15 is 0 Å². The molecule has 26 heavy (non-hydrogen) atoms. The molecule has 1 fully saturated rings. The lowest BCUT2D eigenvalue weighted by molar-refractivity contribution is -0.145. The van der Waals surface area contributed by atoms with Crippen molar-refractivity contribution in [2.75, 3.05) is 12.0 Å². The number of pyridine rings is 1. The van der Waals surface area contributed by atoms with Crippen LogP contribution in [0.2, 0.25) is 0 Å². The molecule has 1 unspecified atom stereocenters. The van der Waals surface area contributed by atoms with E-state index in [0.717, 1.165) is 28.2 Å². The number of nitrogens with zero attached hydrogens (tertiary/aromatic N) is 2. The van der Waals surface area contributed by atoms with Crippen LogP contribution in [-0.4, -0.2) is 49.2 Å². The Morgan fingerprint density at radius 2 is 2.27 bits per heavy atom. The summed E-state index contributed by atoms with van der Waals surface area (Å²) in [6, 6.07) is 8.59. The van der Waals surface area contributed by atoms with Gasteiger partial charge in [0.05, 0.1) is 10.4 Å². The zero-order chi connectivity index (χ0) is 18.7. The van der Waals surface area contributed by atoms with Crippen molar-refractivity contribution < 1.29 is 14.7 Å². The Morgan fingerprint density at radius 3 is 3.00 bits per heavy atom. The Morgan fingerprint density at radius 1 is 1.46 bits per heavy atom. The molecule has 1 N–H and O–H groups in total. The molecule has 1 aliphatic rings. The van der Waals surface area contributed by atoms with Crippen molar-refractivity contribution in [1.29, 1.82) is 0 Å². The highest BCUT2D eigenvalue weighted by atomic mass is 32.2. The molecule has 0 bridgehead atoms. The lowest BCUT2D eigenvalue weighted by Gasteiger charge is -2.22. The predicted octanol–water partition coefficient (Wildman–Crippen LogP) is 3.64. The number of carbonyl (C=O) groups excluding carboxylic acids is 1. The van der Waals surface area contributed by atoms with Crippen molar-refractivity contribution in [3.63, 3.8) is 0 Å². The van der Waals surface area contributed by atoms with Gasteiger partial charge in [-0.2, -0.15) is 11.8 Å². The van der Waals surface area contributed by atoms with E-state index in [1.807, 2.05) is 36.6 Å². The van der Waals surface area contributed by atoms with Gasteiger partial charge in [0.2, 0.25) is 0 Å². The number of hydrogen-bond donors (Lipinski definition) is 1. The quantitative estimate of drug-likeness (QED) is 0.582. The van der Waals surface area contributed by atoms with Crippen LogP contribution in [0.1, 0.15) is 12.0 Å². The fraction of sp³-hybridized carbons (Fsp3) is 0.222. The minimum Gasteiger partial charge on any atom is -0.480 e. The molecule has 8 heteroatoms. The number of aliphatic carboxylic acids is 1. The molecule has 0 saturated carbocycles. The second kappa shape index (κ2) is 8.20. The van der Waals surface area contributed by atoms with E-state index in [9.17, 15) is 14.7 Å². The van der Waals surface area contributed by atoms with Crippen LogP contribution in [-0.2, 0) is 9.59 Å². The smallest absolute Gasteiger partial charge is 0.326 e. The van der Waals surface area contributed by atoms with Crippen LogP contribution < -0.4 is 0 Å². The van der Waals surface area contributed by atoms with E-state index in [1.165, 1.54) is 4.90 Å². The summed E-state index contributed by atoms with van der Waals surface area (Å²) >= 11 is 7.97. The van der Waals surface area contributed by atoms with E-state index in [2.05, 4.69) is 4.98 Å². The second-order valence-corrected chi connectivity index (χ2v) is 8.30. The highest BCUT2D eigenvalue weighted by Crippen LogP contribution is 2.35. The van der Waals surface area contributed by atoms with Gasteiger partial charge < -0.3 is 5.11 Å². The number of carbonyl (C=O) groups is 2. The molecule has 0 aliphatic carbocycles. The van der Waals surface area contributed by atoms with Crippen LogP contribution in [0.15, 0.2) is 41.4 Å². The number of fused-ring (bicyclic) bond motifs is 1. The highest BCUT2D eigenvalue weighted by molar-refractivity contribution is 8.26. The number of amides is 1. The minimum atomic E-state index is -1.03. The molecule has 2 heterocycles. The molecule has 1 aromatic carbocycles. The number of hydrogen-bond acceptors (Lipinski definition) is 6. The summed E-state index contributed by atoms with van der Waals surface area (Å²) in [7, 11) is 0. The van der Waals surface area contributed by atoms with Crippen LogP contribution in [0.5, 0.6) is 0 Å². The number of rotatable bonds is 6. The maximum atomic E-state index is 12.8. The Labute approximate surface area is 164 Å². The molecule has 1 amide bonds. The fourth-order valence-electron chi connectivity index (χ4n) is 2.68. The highest BCUT2D eigenvalue weighted by Gasteiger charge is 2.40. The molecule has 1 aromatic heterocycles. The number of carboxylic acid groups (broad SMARTS) is 1. The molecular weight excluding hydrogens is 388 g/mol. The Balaban J connectivity index is 1.89. The maximum absolute atomic E-state index is 12.8. The van der Waals surface area contributed by atoms with Crippen molar-refractivity contribution >= 4 is 68.9 Å². The largest absolute Gasteiger partial charge is 0.480 e. The van der Waals surface area contributed by atoms with Gasteiger partial charge in [0.1, 0.15) is 10.4 Å². The van der Waals surface area contributed by atoms with Crippen LogP contribution in [0.3, 0.4) is 0 Å². The van der Waals surface area contributed by atoms with Gasteiger partial charge in [-0.15, -0.1) is 0 Å². The van der Waals surface area contributed by atoms with Crippen LogP contribution in [0.25, 0.3) is 17.0 Å². The SMILES string of the molecule is CSCCC(C(=O)O)N1C(=O)C(=Cc2ccc3ncccc3c2)SC1=S. The van der Waals surface area contributed by atoms with Gasteiger partial charge in [-0.1, -0.05) is 36.1 Å². The molecule has 134 valence electrons. The van der Waals surface area contributed by atoms with Crippen molar-refractivity contribution in [3.05, 3.63) is 47.0 Å². The lowest BCUT2D eigenvalue weighted by Crippen LogP contribution is -2.44. The molecule has 1 aliphatic heterocycles. The minimum absolute atomic E-state index is 0.289. The average molecular weight is 405 g/mol. The Hall–Kier alpha value is -1.90. The lowest BCUT2D eigenvalue weighted by atomic mass is 10.1. The second-order valence-electron chi connectivity index (χ2n) is 5.64. The first kappa shape index (κ1) is 18.9. The first-order chi connectivity index (χ1) is 12.5. The topological polar surface area (TPSA) is 70.5 Å². The summed E-state index contributed by atoms with van der Waals surface area (Å²) in [6.45, 7) is 0. The van der Waals surface area contributed by atoms with Gasteiger partial charge in [-0.3, -0.25) is 14.7 Å². The van der Waals surface area contributed by atoms with Crippen molar-refractivity contribution in [1.82, 2.24) is 9.88 Å². The predicted molar refractivity (Wildman–Crippen MR) is 111 cm³/mol. The summed E-state index contributed by atoms with van der Waals surface area (Å²) in [6.07, 6.45) is 5.74. The number of carboxylic acids is 1. The molecule has 0 spiro atoms. The van der Waals surface area contributed by atoms with E-state index in [1.54, 1.807) is 24.0 Å². The summed E-state index contributed by atoms with van der Waals surface area (Å²) in [5.41, 5.74) is 1.72. The van der Waals surface area contributed by atoms with E-state index in [4.69, 9.17) is 12.2 Å². The molecule has 3 rings (SSSR count). The first-order valence-electron chi connectivity index (χ1n) is 7.85. The average Bonchev–Trinajstić information content (AvgIpc) is 2.89. The van der Waals surface area contributed by atoms with Crippen molar-refractivity contribution in [2.24, 2.45) is 0 Å². The molecule has 1 atom stereocenters. The molecule has 5 nitrogen and oxygen atoms in total. The summed E-state index contributed by atoms with van der Waals surface area (Å²) in [5.74, 6) is -0.738. The van der Waals surface area contributed by atoms with Gasteiger partial charge in [0.15, 0.2) is 0 Å². The van der Waals surface area contributed by atoms with Crippen LogP contribution in [0, 0.1) is 0 Å². The third-order valence-corrected chi connectivity index (χ3v) is 5.91. The van der Waals surface area contributed by atoms with E-state index in [0.29, 0.717) is 17.1 Å². The maximum Gasteiger partial charge on any atom is 0.326 e.